The van der Waals surface area contributed by atoms with Crippen LogP contribution < -0.4 is 5.32 Å². The molecule has 3 nitrogen and oxygen atoms in total. The summed E-state index contributed by atoms with van der Waals surface area (Å²) in [6, 6.07) is 7.03. The largest absolute Gasteiger partial charge is 0.342 e. The molecule has 2 saturated heterocycles. The maximum Gasteiger partial charge on any atom is 0.225 e. The Morgan fingerprint density at radius 2 is 1.96 bits per heavy atom. The fourth-order valence-corrected chi connectivity index (χ4v) is 3.49. The first-order valence-corrected chi connectivity index (χ1v) is 8.38. The first-order chi connectivity index (χ1) is 10.6. The first-order valence-electron chi connectivity index (χ1n) is 8.38. The summed E-state index contributed by atoms with van der Waals surface area (Å²) in [4.78, 5) is 14.5. The van der Waals surface area contributed by atoms with Gasteiger partial charge in [0, 0.05) is 19.0 Å². The second-order valence-electron chi connectivity index (χ2n) is 6.77. The fraction of sp³-hybridized carbons (Fsp3) is 0.611. The van der Waals surface area contributed by atoms with E-state index < -0.39 is 0 Å². The van der Waals surface area contributed by atoms with Crippen LogP contribution in [0.5, 0.6) is 0 Å². The number of nitrogens with zero attached hydrogens (tertiary/aromatic N) is 1. The van der Waals surface area contributed by atoms with Crippen molar-refractivity contribution >= 4 is 18.3 Å². The average Bonchev–Trinajstić information content (AvgIpc) is 2.48. The molecule has 0 bridgehead atoms. The number of hydrogen-bond acceptors (Lipinski definition) is 2. The predicted octanol–water partition coefficient (Wildman–Crippen LogP) is 2.88. The van der Waals surface area contributed by atoms with Crippen molar-refractivity contribution < 1.29 is 9.18 Å². The maximum absolute atomic E-state index is 13.7. The van der Waals surface area contributed by atoms with Gasteiger partial charge in [0.1, 0.15) is 5.82 Å². The highest BCUT2D eigenvalue weighted by atomic mass is 35.5. The van der Waals surface area contributed by atoms with E-state index >= 15 is 0 Å². The molecule has 1 unspecified atom stereocenters. The van der Waals surface area contributed by atoms with Crippen LogP contribution in [0.25, 0.3) is 0 Å². The number of benzene rings is 1. The van der Waals surface area contributed by atoms with Crippen LogP contribution in [0.1, 0.15) is 25.3 Å². The summed E-state index contributed by atoms with van der Waals surface area (Å²) in [5.74, 6) is 1.32. The zero-order valence-electron chi connectivity index (χ0n) is 13.6. The van der Waals surface area contributed by atoms with Crippen LogP contribution in [-0.4, -0.2) is 37.0 Å². The Balaban J connectivity index is 0.00000192. The number of rotatable bonds is 4. The second-order valence-corrected chi connectivity index (χ2v) is 6.77. The average molecular weight is 341 g/mol. The van der Waals surface area contributed by atoms with E-state index in [1.165, 1.54) is 6.07 Å². The van der Waals surface area contributed by atoms with Crippen molar-refractivity contribution in [3.05, 3.63) is 35.6 Å². The summed E-state index contributed by atoms with van der Waals surface area (Å²) in [6.07, 6.45) is 2.75. The van der Waals surface area contributed by atoms with Crippen LogP contribution in [0.2, 0.25) is 0 Å². The van der Waals surface area contributed by atoms with E-state index in [4.69, 9.17) is 0 Å². The second kappa shape index (κ2) is 8.11. The van der Waals surface area contributed by atoms with Crippen molar-refractivity contribution in [2.24, 2.45) is 17.8 Å². The molecule has 3 rings (SSSR count). The van der Waals surface area contributed by atoms with Gasteiger partial charge in [-0.15, -0.1) is 12.4 Å². The standard InChI is InChI=1S/C18H25FN2O.ClH/c1-13(16-11-20-12-16)18(22)21-8-6-14(7-9-21)10-15-4-2-3-5-17(15)19;/h2-5,13-14,16,20H,6-12H2,1H3;1H. The minimum Gasteiger partial charge on any atom is -0.342 e. The SMILES string of the molecule is CC(C(=O)N1CCC(Cc2ccccc2F)CC1)C1CNC1.Cl. The van der Waals surface area contributed by atoms with Crippen LogP contribution in [0.15, 0.2) is 24.3 Å². The van der Waals surface area contributed by atoms with Gasteiger partial charge in [-0.1, -0.05) is 25.1 Å². The molecule has 2 fully saturated rings. The van der Waals surface area contributed by atoms with E-state index in [1.54, 1.807) is 6.07 Å². The van der Waals surface area contributed by atoms with Crippen molar-refractivity contribution in [3.8, 4) is 0 Å². The summed E-state index contributed by atoms with van der Waals surface area (Å²) >= 11 is 0. The fourth-order valence-electron chi connectivity index (χ4n) is 3.49. The number of piperidine rings is 1. The highest BCUT2D eigenvalue weighted by Crippen LogP contribution is 2.25. The lowest BCUT2D eigenvalue weighted by molar-refractivity contribution is -0.138. The molecule has 0 saturated carbocycles. The van der Waals surface area contributed by atoms with Gasteiger partial charge >= 0.3 is 0 Å². The van der Waals surface area contributed by atoms with Gasteiger partial charge in [-0.3, -0.25) is 4.79 Å². The summed E-state index contributed by atoms with van der Waals surface area (Å²) in [6.45, 7) is 5.64. The van der Waals surface area contributed by atoms with Crippen LogP contribution in [0.4, 0.5) is 4.39 Å². The highest BCUT2D eigenvalue weighted by molar-refractivity contribution is 5.85. The number of likely N-dealkylation sites (tertiary alicyclic amines) is 1. The minimum atomic E-state index is -0.105. The predicted molar refractivity (Wildman–Crippen MR) is 92.2 cm³/mol. The van der Waals surface area contributed by atoms with Gasteiger partial charge in [0.25, 0.3) is 0 Å². The Morgan fingerprint density at radius 1 is 1.30 bits per heavy atom. The molecule has 5 heteroatoms. The molecule has 23 heavy (non-hydrogen) atoms. The van der Waals surface area contributed by atoms with Crippen LogP contribution >= 0.6 is 12.4 Å². The topological polar surface area (TPSA) is 32.3 Å². The van der Waals surface area contributed by atoms with E-state index in [0.29, 0.717) is 17.7 Å². The zero-order valence-corrected chi connectivity index (χ0v) is 14.4. The van der Waals surface area contributed by atoms with Gasteiger partial charge in [0.05, 0.1) is 0 Å². The molecule has 2 aliphatic rings. The molecular weight excluding hydrogens is 315 g/mol. The van der Waals surface area contributed by atoms with Crippen molar-refractivity contribution in [1.82, 2.24) is 10.2 Å². The van der Waals surface area contributed by atoms with E-state index in [2.05, 4.69) is 12.2 Å². The molecule has 128 valence electrons. The van der Waals surface area contributed by atoms with E-state index in [-0.39, 0.29) is 24.1 Å². The first kappa shape index (κ1) is 18.2. The summed E-state index contributed by atoms with van der Waals surface area (Å²) in [7, 11) is 0. The Labute approximate surface area is 144 Å². The Hall–Kier alpha value is -1.13. The zero-order chi connectivity index (χ0) is 15.5. The molecule has 1 atom stereocenters. The smallest absolute Gasteiger partial charge is 0.225 e. The van der Waals surface area contributed by atoms with Crippen molar-refractivity contribution in [2.45, 2.75) is 26.2 Å². The minimum absolute atomic E-state index is 0. The third-order valence-electron chi connectivity index (χ3n) is 5.30. The van der Waals surface area contributed by atoms with Gasteiger partial charge in [-0.05, 0) is 55.8 Å². The van der Waals surface area contributed by atoms with Gasteiger partial charge < -0.3 is 10.2 Å². The van der Waals surface area contributed by atoms with Crippen molar-refractivity contribution in [1.29, 1.82) is 0 Å². The van der Waals surface area contributed by atoms with Crippen LogP contribution in [0.3, 0.4) is 0 Å². The van der Waals surface area contributed by atoms with Crippen molar-refractivity contribution in [2.75, 3.05) is 26.2 Å². The van der Waals surface area contributed by atoms with E-state index in [1.807, 2.05) is 17.0 Å². The Morgan fingerprint density at radius 3 is 2.52 bits per heavy atom. The lowest BCUT2D eigenvalue weighted by Crippen LogP contribution is -2.51. The van der Waals surface area contributed by atoms with E-state index in [0.717, 1.165) is 51.0 Å². The molecule has 1 aromatic rings. The normalized spacial score (nSPS) is 20.5. The third-order valence-corrected chi connectivity index (χ3v) is 5.30. The van der Waals surface area contributed by atoms with Crippen molar-refractivity contribution in [3.63, 3.8) is 0 Å². The molecule has 0 aliphatic carbocycles. The number of halogens is 2. The molecule has 0 spiro atoms. The number of nitrogens with one attached hydrogen (secondary N) is 1. The monoisotopic (exact) mass is 340 g/mol. The number of carbonyl (C=O) groups excluding carboxylic acids is 1. The third kappa shape index (κ3) is 4.24. The lowest BCUT2D eigenvalue weighted by Gasteiger charge is -2.38. The van der Waals surface area contributed by atoms with Gasteiger partial charge in [-0.2, -0.15) is 0 Å². The molecule has 0 aromatic heterocycles. The van der Waals surface area contributed by atoms with E-state index in [9.17, 15) is 9.18 Å². The van der Waals surface area contributed by atoms with Gasteiger partial charge in [0.15, 0.2) is 0 Å². The van der Waals surface area contributed by atoms with Crippen LogP contribution in [0, 0.1) is 23.6 Å². The number of amides is 1. The summed E-state index contributed by atoms with van der Waals surface area (Å²) < 4.78 is 13.7. The summed E-state index contributed by atoms with van der Waals surface area (Å²) in [5, 5.41) is 3.23. The lowest BCUT2D eigenvalue weighted by atomic mass is 9.86. The maximum atomic E-state index is 13.7. The molecule has 1 aromatic carbocycles. The molecule has 1 amide bonds. The molecular formula is C18H26ClFN2O. The molecule has 2 heterocycles. The van der Waals surface area contributed by atoms with Gasteiger partial charge in [-0.25, -0.2) is 4.39 Å². The Bertz CT molecular complexity index is 528. The summed E-state index contributed by atoms with van der Waals surface area (Å²) in [5.41, 5.74) is 0.807. The Kier molecular flexibility index (Phi) is 6.42. The highest BCUT2D eigenvalue weighted by Gasteiger charge is 2.33. The molecule has 1 N–H and O–H groups in total. The molecule has 0 radical (unpaired) electrons. The molecule has 2 aliphatic heterocycles. The van der Waals surface area contributed by atoms with Gasteiger partial charge in [0.2, 0.25) is 5.91 Å². The van der Waals surface area contributed by atoms with Crippen LogP contribution in [-0.2, 0) is 11.2 Å². The number of hydrogen-bond donors (Lipinski definition) is 1. The number of carbonyl (C=O) groups is 1. The quantitative estimate of drug-likeness (QED) is 0.914.